The normalized spacial score (nSPS) is 20.8. The third-order valence-corrected chi connectivity index (χ3v) is 13.5. The smallest absolute Gasteiger partial charge is 0.407 e. The molecule has 2 aromatic carbocycles. The Morgan fingerprint density at radius 3 is 2.51 bits per heavy atom. The van der Waals surface area contributed by atoms with Crippen molar-refractivity contribution in [2.45, 2.75) is 78.4 Å². The van der Waals surface area contributed by atoms with Crippen LogP contribution in [0.2, 0.25) is 0 Å². The van der Waals surface area contributed by atoms with Gasteiger partial charge in [0, 0.05) is 31.2 Å². The molecule has 13 nitrogen and oxygen atoms in total. The van der Waals surface area contributed by atoms with Gasteiger partial charge < -0.3 is 29.2 Å². The number of pyridine rings is 1. The molecule has 254 valence electrons. The fourth-order valence-corrected chi connectivity index (χ4v) is 9.81. The van der Waals surface area contributed by atoms with E-state index in [0.717, 1.165) is 4.90 Å². The summed E-state index contributed by atoms with van der Waals surface area (Å²) in [6.45, 7) is 2.14. The van der Waals surface area contributed by atoms with Crippen LogP contribution < -0.4 is 10.2 Å². The van der Waals surface area contributed by atoms with E-state index >= 15 is 0 Å². The summed E-state index contributed by atoms with van der Waals surface area (Å²) in [5.74, 6) is 0.259. The summed E-state index contributed by atoms with van der Waals surface area (Å²) >= 11 is 0. The molecule has 2 aliphatic heterocycles. The van der Waals surface area contributed by atoms with Crippen molar-refractivity contribution in [1.29, 1.82) is 0 Å². The molecule has 1 saturated carbocycles. The third kappa shape index (κ3) is 6.64. The lowest BCUT2D eigenvalue weighted by molar-refractivity contribution is -0.0319. The van der Waals surface area contributed by atoms with Crippen molar-refractivity contribution in [1.82, 2.24) is 13.8 Å². The first-order chi connectivity index (χ1) is 22.3. The first-order valence-corrected chi connectivity index (χ1v) is 18.7. The van der Waals surface area contributed by atoms with Crippen LogP contribution in [-0.4, -0.2) is 103 Å². The van der Waals surface area contributed by atoms with Crippen molar-refractivity contribution < 1.29 is 41.3 Å². The summed E-state index contributed by atoms with van der Waals surface area (Å²) in [6, 6.07) is 12.4. The molecule has 47 heavy (non-hydrogen) atoms. The molecule has 1 amide bonds. The highest BCUT2D eigenvalue weighted by atomic mass is 32.2. The maximum Gasteiger partial charge on any atom is 0.407 e. The number of sulfone groups is 1. The number of fused-ring (bicyclic) bond motifs is 1. The van der Waals surface area contributed by atoms with Gasteiger partial charge in [0.15, 0.2) is 9.84 Å². The molecule has 0 radical (unpaired) electrons. The van der Waals surface area contributed by atoms with Crippen LogP contribution in [-0.2, 0) is 31.1 Å². The van der Waals surface area contributed by atoms with E-state index < -0.39 is 49.1 Å². The van der Waals surface area contributed by atoms with Gasteiger partial charge >= 0.3 is 6.09 Å². The van der Waals surface area contributed by atoms with E-state index in [1.54, 1.807) is 41.0 Å². The number of para-hydroxylation sites is 1. The molecular formula is C32H39N3O10S2. The summed E-state index contributed by atoms with van der Waals surface area (Å²) in [6.07, 6.45) is 1.18. The third-order valence-electron chi connectivity index (χ3n) is 9.37. The number of amides is 1. The average Bonchev–Trinajstić information content (AvgIpc) is 3.86. The lowest BCUT2D eigenvalue weighted by Crippen LogP contribution is -2.49. The number of sulfonamides is 1. The van der Waals surface area contributed by atoms with E-state index in [4.69, 9.17) is 9.47 Å². The van der Waals surface area contributed by atoms with Gasteiger partial charge in [-0.05, 0) is 69.4 Å². The number of ether oxygens (including phenoxy) is 2. The fourth-order valence-electron chi connectivity index (χ4n) is 6.57. The number of aliphatic hydroxyl groups excluding tert-OH is 1. The number of carbonyl (C=O) groups is 1. The van der Waals surface area contributed by atoms with Gasteiger partial charge in [0.05, 0.1) is 40.5 Å². The second-order valence-corrected chi connectivity index (χ2v) is 16.6. The zero-order valence-electron chi connectivity index (χ0n) is 26.0. The minimum absolute atomic E-state index is 0.0829. The van der Waals surface area contributed by atoms with Crippen molar-refractivity contribution >= 4 is 36.9 Å². The molecule has 3 fully saturated rings. The predicted molar refractivity (Wildman–Crippen MR) is 172 cm³/mol. The van der Waals surface area contributed by atoms with Crippen LogP contribution in [0.15, 0.2) is 69.3 Å². The van der Waals surface area contributed by atoms with Gasteiger partial charge in [-0.25, -0.2) is 21.6 Å². The number of hydrogen-bond donors (Lipinski definition) is 2. The van der Waals surface area contributed by atoms with Crippen LogP contribution >= 0.6 is 0 Å². The summed E-state index contributed by atoms with van der Waals surface area (Å²) in [5.41, 5.74) is -0.625. The number of rotatable bonds is 11. The van der Waals surface area contributed by atoms with Crippen LogP contribution in [0.4, 0.5) is 4.79 Å². The number of piperidine rings is 1. The number of aryl methyl sites for hydroxylation is 1. The van der Waals surface area contributed by atoms with Crippen molar-refractivity contribution in [3.8, 4) is 5.75 Å². The summed E-state index contributed by atoms with van der Waals surface area (Å²) in [4.78, 5) is 26.5. The quantitative estimate of drug-likeness (QED) is 0.305. The zero-order valence-corrected chi connectivity index (χ0v) is 27.7. The number of carboxylic acid groups (broad SMARTS) is 1. The topological polar surface area (TPSA) is 173 Å². The highest BCUT2D eigenvalue weighted by Crippen LogP contribution is 2.39. The van der Waals surface area contributed by atoms with Crippen LogP contribution in [0, 0.1) is 0 Å². The standard InChI is InChI=1S/C32H39N3O10S2/c1-2-33-19-29(30(37)27-8-3-4-9-28(27)33)47(42,43)34-14-12-32(13-15-34)17-22(20-45-32)35(31(38)39)18-23(36)21-44-24-6-5-7-26(16-24)46(40,41)25-10-11-25/h3-9,16,19,22-23,25,36H,2,10-15,17-18,20-21H2,1H3,(H,38,39)/t22-,23+/m1/s1. The fraction of sp³-hybridized carbons (Fsp3) is 0.500. The molecule has 3 heterocycles. The second kappa shape index (κ2) is 12.8. The number of hydrogen-bond acceptors (Lipinski definition) is 9. The molecule has 2 N–H and O–H groups in total. The molecular weight excluding hydrogens is 650 g/mol. The van der Waals surface area contributed by atoms with E-state index in [0.29, 0.717) is 49.6 Å². The molecule has 0 bridgehead atoms. The number of nitrogens with zero attached hydrogens (tertiary/aromatic N) is 3. The molecule has 6 rings (SSSR count). The maximum absolute atomic E-state index is 13.7. The van der Waals surface area contributed by atoms with Gasteiger partial charge in [-0.2, -0.15) is 4.31 Å². The SMILES string of the molecule is CCn1cc(S(=O)(=O)N2CCC3(CC2)C[C@@H](N(C[C@H](O)COc2cccc(S(=O)(=O)C4CC4)c2)C(=O)O)CO3)c(=O)c2ccccc21. The molecule has 1 aromatic heterocycles. The zero-order chi connectivity index (χ0) is 33.6. The first-order valence-electron chi connectivity index (χ1n) is 15.8. The van der Waals surface area contributed by atoms with Crippen LogP contribution in [0.1, 0.15) is 39.0 Å². The van der Waals surface area contributed by atoms with E-state index in [1.807, 2.05) is 6.92 Å². The first kappa shape index (κ1) is 33.4. The average molecular weight is 690 g/mol. The summed E-state index contributed by atoms with van der Waals surface area (Å²) < 4.78 is 67.3. The Labute approximate surface area is 273 Å². The predicted octanol–water partition coefficient (Wildman–Crippen LogP) is 2.69. The van der Waals surface area contributed by atoms with Gasteiger partial charge in [-0.3, -0.25) is 4.79 Å². The molecule has 1 spiro atoms. The molecule has 2 atom stereocenters. The van der Waals surface area contributed by atoms with Crippen molar-refractivity contribution in [2.24, 2.45) is 0 Å². The number of aromatic nitrogens is 1. The highest BCUT2D eigenvalue weighted by molar-refractivity contribution is 7.92. The largest absolute Gasteiger partial charge is 0.491 e. The molecule has 2 saturated heterocycles. The Morgan fingerprint density at radius 2 is 1.83 bits per heavy atom. The van der Waals surface area contributed by atoms with Gasteiger partial charge in [0.2, 0.25) is 15.5 Å². The van der Waals surface area contributed by atoms with E-state index in [1.165, 1.54) is 22.6 Å². The minimum atomic E-state index is -4.10. The van der Waals surface area contributed by atoms with Crippen LogP contribution in [0.3, 0.4) is 0 Å². The van der Waals surface area contributed by atoms with Gasteiger partial charge in [-0.15, -0.1) is 0 Å². The Bertz CT molecular complexity index is 1930. The highest BCUT2D eigenvalue weighted by Gasteiger charge is 2.47. The second-order valence-electron chi connectivity index (χ2n) is 12.5. The molecule has 1 aliphatic carbocycles. The summed E-state index contributed by atoms with van der Waals surface area (Å²) in [7, 11) is -7.52. The monoisotopic (exact) mass is 689 g/mol. The lowest BCUT2D eigenvalue weighted by atomic mass is 9.88. The Morgan fingerprint density at radius 1 is 1.11 bits per heavy atom. The van der Waals surface area contributed by atoms with Crippen molar-refractivity contribution in [3.05, 3.63) is 65.0 Å². The van der Waals surface area contributed by atoms with Gasteiger partial charge in [0.1, 0.15) is 23.4 Å². The van der Waals surface area contributed by atoms with Gasteiger partial charge in [0.25, 0.3) is 0 Å². The molecule has 15 heteroatoms. The maximum atomic E-state index is 13.7. The molecule has 0 unspecified atom stereocenters. The minimum Gasteiger partial charge on any atom is -0.491 e. The number of benzene rings is 2. The Kier molecular flexibility index (Phi) is 9.13. The van der Waals surface area contributed by atoms with Gasteiger partial charge in [-0.1, -0.05) is 18.2 Å². The Hall–Kier alpha value is -3.50. The van der Waals surface area contributed by atoms with Crippen LogP contribution in [0.25, 0.3) is 10.9 Å². The Balaban J connectivity index is 1.07. The van der Waals surface area contributed by atoms with Crippen molar-refractivity contribution in [2.75, 3.05) is 32.8 Å². The van der Waals surface area contributed by atoms with Crippen molar-refractivity contribution in [3.63, 3.8) is 0 Å². The molecule has 3 aromatic rings. The molecule has 3 aliphatic rings. The lowest BCUT2D eigenvalue weighted by Gasteiger charge is -2.38. The van der Waals surface area contributed by atoms with E-state index in [2.05, 4.69) is 0 Å². The van der Waals surface area contributed by atoms with E-state index in [-0.39, 0.29) is 53.6 Å². The number of aliphatic hydroxyl groups is 1. The van der Waals surface area contributed by atoms with Crippen LogP contribution in [0.5, 0.6) is 5.75 Å². The van der Waals surface area contributed by atoms with E-state index in [9.17, 15) is 36.6 Å². The summed E-state index contributed by atoms with van der Waals surface area (Å²) in [5, 5.41) is 20.6.